The second kappa shape index (κ2) is 3.22. The smallest absolute Gasteiger partial charge is 0.212 e. The zero-order chi connectivity index (χ0) is 9.10. The molecule has 0 aromatic carbocycles. The maximum atomic E-state index is 4.93. The predicted molar refractivity (Wildman–Crippen MR) is 46.2 cm³/mol. The van der Waals surface area contributed by atoms with Crippen LogP contribution in [0.4, 0.5) is 0 Å². The van der Waals surface area contributed by atoms with Crippen molar-refractivity contribution < 1.29 is 4.74 Å². The van der Waals surface area contributed by atoms with Gasteiger partial charge in [0.05, 0.1) is 7.11 Å². The van der Waals surface area contributed by atoms with Crippen LogP contribution in [-0.4, -0.2) is 27.3 Å². The third kappa shape index (κ3) is 1.48. The van der Waals surface area contributed by atoms with Crippen molar-refractivity contribution in [2.75, 3.05) is 7.11 Å². The van der Waals surface area contributed by atoms with E-state index in [2.05, 4.69) is 20.2 Å². The molecule has 0 radical (unpaired) electrons. The van der Waals surface area contributed by atoms with Gasteiger partial charge in [0.1, 0.15) is 6.33 Å². The maximum Gasteiger partial charge on any atom is 0.212 e. The van der Waals surface area contributed by atoms with Crippen LogP contribution in [0.3, 0.4) is 0 Å². The van der Waals surface area contributed by atoms with Gasteiger partial charge in [-0.05, 0) is 6.07 Å². The van der Waals surface area contributed by atoms with Crippen LogP contribution in [0.1, 0.15) is 0 Å². The molecule has 2 aromatic rings. The first kappa shape index (κ1) is 7.72. The summed E-state index contributed by atoms with van der Waals surface area (Å²) >= 11 is 0. The van der Waals surface area contributed by atoms with E-state index in [1.165, 1.54) is 6.33 Å². The zero-order valence-corrected chi connectivity index (χ0v) is 7.06. The summed E-state index contributed by atoms with van der Waals surface area (Å²) in [6.45, 7) is 0. The summed E-state index contributed by atoms with van der Waals surface area (Å²) in [6.07, 6.45) is 3.14. The standard InChI is InChI=1S/C8H8N4O/c1-13-7-3-2-6(4-9-7)8-10-5-11-12-8/h2-5H,1H3,(H,10,11,12). The molecule has 0 saturated carbocycles. The molecule has 0 spiro atoms. The highest BCUT2D eigenvalue weighted by Crippen LogP contribution is 2.14. The molecule has 5 heteroatoms. The van der Waals surface area contributed by atoms with E-state index in [9.17, 15) is 0 Å². The van der Waals surface area contributed by atoms with Gasteiger partial charge in [-0.3, -0.25) is 5.10 Å². The van der Waals surface area contributed by atoms with Crippen molar-refractivity contribution in [2.45, 2.75) is 0 Å². The largest absolute Gasteiger partial charge is 0.481 e. The van der Waals surface area contributed by atoms with Crippen molar-refractivity contribution in [3.8, 4) is 17.3 Å². The molecule has 0 amide bonds. The first-order valence-electron chi connectivity index (χ1n) is 3.76. The molecule has 5 nitrogen and oxygen atoms in total. The minimum atomic E-state index is 0.586. The molecule has 0 fully saturated rings. The van der Waals surface area contributed by atoms with Gasteiger partial charge in [0.15, 0.2) is 5.82 Å². The molecule has 0 aliphatic carbocycles. The second-order valence-corrected chi connectivity index (χ2v) is 2.42. The number of hydrogen-bond donors (Lipinski definition) is 1. The van der Waals surface area contributed by atoms with E-state index in [0.29, 0.717) is 11.7 Å². The molecule has 2 aromatic heterocycles. The Morgan fingerprint density at radius 2 is 2.23 bits per heavy atom. The van der Waals surface area contributed by atoms with Crippen LogP contribution in [0.5, 0.6) is 5.88 Å². The summed E-state index contributed by atoms with van der Waals surface area (Å²) < 4.78 is 4.93. The molecule has 2 heterocycles. The Morgan fingerprint density at radius 1 is 1.31 bits per heavy atom. The van der Waals surface area contributed by atoms with Crippen molar-refractivity contribution in [3.63, 3.8) is 0 Å². The van der Waals surface area contributed by atoms with Crippen LogP contribution in [0.15, 0.2) is 24.7 Å². The zero-order valence-electron chi connectivity index (χ0n) is 7.06. The van der Waals surface area contributed by atoms with Gasteiger partial charge in [-0.25, -0.2) is 9.97 Å². The molecular formula is C8H8N4O. The lowest BCUT2D eigenvalue weighted by Crippen LogP contribution is -1.87. The molecule has 0 aliphatic rings. The van der Waals surface area contributed by atoms with Gasteiger partial charge >= 0.3 is 0 Å². The predicted octanol–water partition coefficient (Wildman–Crippen LogP) is 0.875. The van der Waals surface area contributed by atoms with E-state index in [1.807, 2.05) is 6.07 Å². The lowest BCUT2D eigenvalue weighted by Gasteiger charge is -1.98. The van der Waals surface area contributed by atoms with E-state index in [4.69, 9.17) is 4.74 Å². The summed E-state index contributed by atoms with van der Waals surface area (Å²) in [5.74, 6) is 1.29. The van der Waals surface area contributed by atoms with Crippen molar-refractivity contribution in [2.24, 2.45) is 0 Å². The molecule has 2 rings (SSSR count). The average Bonchev–Trinajstić information content (AvgIpc) is 2.71. The van der Waals surface area contributed by atoms with Gasteiger partial charge in [-0.15, -0.1) is 0 Å². The molecule has 1 N–H and O–H groups in total. The van der Waals surface area contributed by atoms with Gasteiger partial charge in [-0.1, -0.05) is 0 Å². The fourth-order valence-corrected chi connectivity index (χ4v) is 0.986. The van der Waals surface area contributed by atoms with Crippen molar-refractivity contribution >= 4 is 0 Å². The van der Waals surface area contributed by atoms with Crippen molar-refractivity contribution in [3.05, 3.63) is 24.7 Å². The Hall–Kier alpha value is -1.91. The molecule has 0 saturated heterocycles. The van der Waals surface area contributed by atoms with Gasteiger partial charge < -0.3 is 4.74 Å². The number of nitrogens with one attached hydrogen (secondary N) is 1. The summed E-state index contributed by atoms with van der Waals surface area (Å²) in [7, 11) is 1.58. The first-order chi connectivity index (χ1) is 6.40. The second-order valence-electron chi connectivity index (χ2n) is 2.42. The monoisotopic (exact) mass is 176 g/mol. The Kier molecular flexibility index (Phi) is 1.91. The van der Waals surface area contributed by atoms with Crippen LogP contribution < -0.4 is 4.74 Å². The van der Waals surface area contributed by atoms with Crippen molar-refractivity contribution in [1.29, 1.82) is 0 Å². The molecule has 13 heavy (non-hydrogen) atoms. The average molecular weight is 176 g/mol. The molecule has 66 valence electrons. The fourth-order valence-electron chi connectivity index (χ4n) is 0.986. The highest BCUT2D eigenvalue weighted by atomic mass is 16.5. The van der Waals surface area contributed by atoms with Gasteiger partial charge in [0.2, 0.25) is 5.88 Å². The Labute approximate surface area is 74.8 Å². The molecule has 0 atom stereocenters. The normalized spacial score (nSPS) is 9.92. The third-order valence-electron chi connectivity index (χ3n) is 1.63. The highest BCUT2D eigenvalue weighted by molar-refractivity contribution is 5.52. The Balaban J connectivity index is 2.33. The van der Waals surface area contributed by atoms with Gasteiger partial charge in [-0.2, -0.15) is 5.10 Å². The number of H-pyrrole nitrogens is 1. The Morgan fingerprint density at radius 3 is 2.77 bits per heavy atom. The molecule has 0 unspecified atom stereocenters. The SMILES string of the molecule is COc1ccc(-c2ncn[nH]2)cn1. The highest BCUT2D eigenvalue weighted by Gasteiger charge is 2.00. The fraction of sp³-hybridized carbons (Fsp3) is 0.125. The van der Waals surface area contributed by atoms with E-state index >= 15 is 0 Å². The van der Waals surface area contributed by atoms with Gasteiger partial charge in [0.25, 0.3) is 0 Å². The van der Waals surface area contributed by atoms with Crippen LogP contribution in [0.25, 0.3) is 11.4 Å². The third-order valence-corrected chi connectivity index (χ3v) is 1.63. The number of nitrogens with zero attached hydrogens (tertiary/aromatic N) is 3. The van der Waals surface area contributed by atoms with Crippen LogP contribution in [-0.2, 0) is 0 Å². The van der Waals surface area contributed by atoms with Crippen LogP contribution >= 0.6 is 0 Å². The number of methoxy groups -OCH3 is 1. The minimum Gasteiger partial charge on any atom is -0.481 e. The number of pyridine rings is 1. The van der Waals surface area contributed by atoms with E-state index in [0.717, 1.165) is 5.56 Å². The molecule has 0 bridgehead atoms. The number of aromatic amines is 1. The van der Waals surface area contributed by atoms with E-state index in [-0.39, 0.29) is 0 Å². The van der Waals surface area contributed by atoms with Crippen molar-refractivity contribution in [1.82, 2.24) is 20.2 Å². The van der Waals surface area contributed by atoms with E-state index in [1.54, 1.807) is 19.4 Å². The summed E-state index contributed by atoms with van der Waals surface area (Å²) in [6, 6.07) is 3.64. The van der Waals surface area contributed by atoms with Gasteiger partial charge in [0, 0.05) is 17.8 Å². The van der Waals surface area contributed by atoms with E-state index < -0.39 is 0 Å². The van der Waals surface area contributed by atoms with Crippen LogP contribution in [0, 0.1) is 0 Å². The topological polar surface area (TPSA) is 63.7 Å². The summed E-state index contributed by atoms with van der Waals surface area (Å²) in [5, 5.41) is 6.49. The maximum absolute atomic E-state index is 4.93. The quantitative estimate of drug-likeness (QED) is 0.737. The molecular weight excluding hydrogens is 168 g/mol. The lowest BCUT2D eigenvalue weighted by molar-refractivity contribution is 0.398. The number of ether oxygens (including phenoxy) is 1. The summed E-state index contributed by atoms with van der Waals surface area (Å²) in [4.78, 5) is 8.04. The minimum absolute atomic E-state index is 0.586. The lowest BCUT2D eigenvalue weighted by atomic mass is 10.3. The number of aromatic nitrogens is 4. The first-order valence-corrected chi connectivity index (χ1v) is 3.76. The number of rotatable bonds is 2. The number of hydrogen-bond acceptors (Lipinski definition) is 4. The Bertz CT molecular complexity index is 368. The molecule has 0 aliphatic heterocycles. The van der Waals surface area contributed by atoms with Crippen LogP contribution in [0.2, 0.25) is 0 Å². The summed E-state index contributed by atoms with van der Waals surface area (Å²) in [5.41, 5.74) is 0.887.